The highest BCUT2D eigenvalue weighted by molar-refractivity contribution is 6.33. The van der Waals surface area contributed by atoms with E-state index in [1.165, 1.54) is 6.07 Å². The standard InChI is InChI=1S/C13H15ClN2O2/c1-3-4-5-6-7-15-12-9-11(14)13(16(17)18)8-10(12)2/h1,8-9,15H,4-7H2,2H3. The Morgan fingerprint density at radius 1 is 1.50 bits per heavy atom. The molecule has 5 heteroatoms. The van der Waals surface area contributed by atoms with Crippen LogP contribution in [0.4, 0.5) is 11.4 Å². The minimum absolute atomic E-state index is 0.0629. The van der Waals surface area contributed by atoms with E-state index in [1.54, 1.807) is 6.07 Å². The van der Waals surface area contributed by atoms with Gasteiger partial charge in [0.15, 0.2) is 0 Å². The predicted octanol–water partition coefficient (Wildman–Crippen LogP) is 3.77. The van der Waals surface area contributed by atoms with Crippen molar-refractivity contribution >= 4 is 23.0 Å². The monoisotopic (exact) mass is 266 g/mol. The molecule has 1 N–H and O–H groups in total. The Kier molecular flexibility index (Phi) is 5.47. The first-order valence-electron chi connectivity index (χ1n) is 5.68. The molecule has 1 aromatic carbocycles. The smallest absolute Gasteiger partial charge is 0.288 e. The van der Waals surface area contributed by atoms with Gasteiger partial charge in [0.05, 0.1) is 4.92 Å². The quantitative estimate of drug-likeness (QED) is 0.369. The van der Waals surface area contributed by atoms with Gasteiger partial charge in [-0.2, -0.15) is 0 Å². The van der Waals surface area contributed by atoms with Crippen LogP contribution in [-0.2, 0) is 0 Å². The van der Waals surface area contributed by atoms with Crippen LogP contribution in [0.3, 0.4) is 0 Å². The second-order valence-corrected chi connectivity index (χ2v) is 4.37. The van der Waals surface area contributed by atoms with E-state index in [9.17, 15) is 10.1 Å². The Bertz CT molecular complexity index is 481. The third-order valence-electron chi connectivity index (χ3n) is 2.55. The number of terminal acetylenes is 1. The minimum Gasteiger partial charge on any atom is -0.385 e. The van der Waals surface area contributed by atoms with Gasteiger partial charge in [-0.1, -0.05) is 11.6 Å². The molecule has 0 atom stereocenters. The van der Waals surface area contributed by atoms with Gasteiger partial charge in [0.1, 0.15) is 5.02 Å². The van der Waals surface area contributed by atoms with Gasteiger partial charge in [0.25, 0.3) is 5.69 Å². The number of nitro benzene ring substituents is 1. The van der Waals surface area contributed by atoms with Crippen LogP contribution in [0.15, 0.2) is 12.1 Å². The molecule has 0 amide bonds. The van der Waals surface area contributed by atoms with Crippen molar-refractivity contribution in [2.45, 2.75) is 26.2 Å². The SMILES string of the molecule is C#CCCCCNc1cc(Cl)c([N+](=O)[O-])cc1C. The number of halogens is 1. The number of nitrogens with one attached hydrogen (secondary N) is 1. The second-order valence-electron chi connectivity index (χ2n) is 3.96. The van der Waals surface area contributed by atoms with Crippen molar-refractivity contribution in [3.05, 3.63) is 32.8 Å². The molecule has 4 nitrogen and oxygen atoms in total. The van der Waals surface area contributed by atoms with E-state index in [0.717, 1.165) is 37.1 Å². The fourth-order valence-electron chi connectivity index (χ4n) is 1.57. The summed E-state index contributed by atoms with van der Waals surface area (Å²) >= 11 is 5.85. The second kappa shape index (κ2) is 6.87. The van der Waals surface area contributed by atoms with E-state index < -0.39 is 4.92 Å². The van der Waals surface area contributed by atoms with Crippen molar-refractivity contribution in [3.8, 4) is 12.3 Å². The third kappa shape index (κ3) is 3.94. The van der Waals surface area contributed by atoms with Crippen LogP contribution >= 0.6 is 11.6 Å². The van der Waals surface area contributed by atoms with Gasteiger partial charge < -0.3 is 5.32 Å². The molecule has 0 aromatic heterocycles. The lowest BCUT2D eigenvalue weighted by Gasteiger charge is -2.09. The predicted molar refractivity (Wildman–Crippen MR) is 74.0 cm³/mol. The van der Waals surface area contributed by atoms with E-state index in [4.69, 9.17) is 18.0 Å². The van der Waals surface area contributed by atoms with Crippen molar-refractivity contribution in [3.63, 3.8) is 0 Å². The maximum atomic E-state index is 10.7. The molecule has 0 saturated heterocycles. The van der Waals surface area contributed by atoms with Crippen molar-refractivity contribution in [1.29, 1.82) is 0 Å². The number of nitrogens with zero attached hydrogens (tertiary/aromatic N) is 1. The Morgan fingerprint density at radius 2 is 2.22 bits per heavy atom. The summed E-state index contributed by atoms with van der Waals surface area (Å²) in [6.07, 6.45) is 7.84. The normalized spacial score (nSPS) is 9.83. The molecule has 0 aliphatic carbocycles. The molecule has 0 saturated carbocycles. The van der Waals surface area contributed by atoms with Crippen molar-refractivity contribution in [2.75, 3.05) is 11.9 Å². The lowest BCUT2D eigenvalue weighted by Crippen LogP contribution is -2.03. The van der Waals surface area contributed by atoms with E-state index in [1.807, 2.05) is 6.92 Å². The van der Waals surface area contributed by atoms with E-state index >= 15 is 0 Å². The molecule has 0 radical (unpaired) electrons. The molecule has 0 bridgehead atoms. The molecule has 1 aromatic rings. The maximum absolute atomic E-state index is 10.7. The molecule has 0 unspecified atom stereocenters. The number of benzene rings is 1. The fraction of sp³-hybridized carbons (Fsp3) is 0.385. The average molecular weight is 267 g/mol. The van der Waals surface area contributed by atoms with Crippen LogP contribution < -0.4 is 5.32 Å². The fourth-order valence-corrected chi connectivity index (χ4v) is 1.80. The molecular weight excluding hydrogens is 252 g/mol. The summed E-state index contributed by atoms with van der Waals surface area (Å²) in [5, 5.41) is 14.1. The number of nitro groups is 1. The van der Waals surface area contributed by atoms with Gasteiger partial charge in [-0.05, 0) is 31.4 Å². The summed E-state index contributed by atoms with van der Waals surface area (Å²) in [7, 11) is 0. The molecule has 18 heavy (non-hydrogen) atoms. The summed E-state index contributed by atoms with van der Waals surface area (Å²) in [5.41, 5.74) is 1.57. The first-order valence-corrected chi connectivity index (χ1v) is 6.06. The molecule has 1 rings (SSSR count). The summed E-state index contributed by atoms with van der Waals surface area (Å²) in [6.45, 7) is 2.59. The molecule has 96 valence electrons. The molecule has 0 aliphatic heterocycles. The summed E-state index contributed by atoms with van der Waals surface area (Å²) < 4.78 is 0. The van der Waals surface area contributed by atoms with Gasteiger partial charge in [-0.3, -0.25) is 10.1 Å². The van der Waals surface area contributed by atoms with Crippen LogP contribution in [0.25, 0.3) is 0 Å². The number of aryl methyl sites for hydroxylation is 1. The molecular formula is C13H15ClN2O2. The average Bonchev–Trinajstić information content (AvgIpc) is 2.32. The van der Waals surface area contributed by atoms with E-state index in [-0.39, 0.29) is 10.7 Å². The van der Waals surface area contributed by atoms with Gasteiger partial charge in [-0.15, -0.1) is 12.3 Å². The van der Waals surface area contributed by atoms with E-state index in [0.29, 0.717) is 0 Å². The lowest BCUT2D eigenvalue weighted by molar-refractivity contribution is -0.384. The number of anilines is 1. The topological polar surface area (TPSA) is 55.2 Å². The summed E-state index contributed by atoms with van der Waals surface area (Å²) in [4.78, 5) is 10.2. The molecule has 0 spiro atoms. The van der Waals surface area contributed by atoms with Gasteiger partial charge in [-0.25, -0.2) is 0 Å². The zero-order valence-corrected chi connectivity index (χ0v) is 11.0. The molecule has 0 aliphatic rings. The van der Waals surface area contributed by atoms with Crippen LogP contribution in [0.1, 0.15) is 24.8 Å². The van der Waals surface area contributed by atoms with Crippen LogP contribution in [0.5, 0.6) is 0 Å². The van der Waals surface area contributed by atoms with Crippen LogP contribution in [0, 0.1) is 29.4 Å². The van der Waals surface area contributed by atoms with Crippen molar-refractivity contribution in [1.82, 2.24) is 0 Å². The number of hydrogen-bond acceptors (Lipinski definition) is 3. The highest BCUT2D eigenvalue weighted by Gasteiger charge is 2.14. The first kappa shape index (κ1) is 14.3. The van der Waals surface area contributed by atoms with Gasteiger partial charge >= 0.3 is 0 Å². The number of unbranched alkanes of at least 4 members (excludes halogenated alkanes) is 2. The van der Waals surface area contributed by atoms with Crippen LogP contribution in [0.2, 0.25) is 5.02 Å². The zero-order chi connectivity index (χ0) is 13.5. The van der Waals surface area contributed by atoms with E-state index in [2.05, 4.69) is 11.2 Å². The number of hydrogen-bond donors (Lipinski definition) is 1. The Hall–Kier alpha value is -1.73. The highest BCUT2D eigenvalue weighted by atomic mass is 35.5. The van der Waals surface area contributed by atoms with Gasteiger partial charge in [0.2, 0.25) is 0 Å². The minimum atomic E-state index is -0.480. The maximum Gasteiger partial charge on any atom is 0.288 e. The first-order chi connectivity index (χ1) is 8.56. The lowest BCUT2D eigenvalue weighted by atomic mass is 10.1. The molecule has 0 heterocycles. The Morgan fingerprint density at radius 3 is 2.83 bits per heavy atom. The third-order valence-corrected chi connectivity index (χ3v) is 2.86. The number of rotatable bonds is 6. The zero-order valence-electron chi connectivity index (χ0n) is 10.2. The summed E-state index contributed by atoms with van der Waals surface area (Å²) in [6, 6.07) is 3.07. The Balaban J connectivity index is 2.65. The van der Waals surface area contributed by atoms with Crippen molar-refractivity contribution < 1.29 is 4.92 Å². The highest BCUT2D eigenvalue weighted by Crippen LogP contribution is 2.30. The molecule has 0 fully saturated rings. The summed E-state index contributed by atoms with van der Waals surface area (Å²) in [5.74, 6) is 2.58. The largest absolute Gasteiger partial charge is 0.385 e. The Labute approximate surface area is 111 Å². The van der Waals surface area contributed by atoms with Gasteiger partial charge in [0, 0.05) is 24.7 Å². The van der Waals surface area contributed by atoms with Crippen LogP contribution in [-0.4, -0.2) is 11.5 Å². The van der Waals surface area contributed by atoms with Crippen molar-refractivity contribution in [2.24, 2.45) is 0 Å².